The van der Waals surface area contributed by atoms with Crippen LogP contribution in [-0.4, -0.2) is 17.9 Å². The lowest BCUT2D eigenvalue weighted by molar-refractivity contribution is -0.131. The van der Waals surface area contributed by atoms with Gasteiger partial charge in [0.2, 0.25) is 11.8 Å². The van der Waals surface area contributed by atoms with Gasteiger partial charge in [-0.25, -0.2) is 0 Å². The summed E-state index contributed by atoms with van der Waals surface area (Å²) >= 11 is 0. The smallest absolute Gasteiger partial charge is 0.240 e. The summed E-state index contributed by atoms with van der Waals surface area (Å²) in [5.41, 5.74) is 0.544. The number of nitrogens with one attached hydrogen (secondary N) is 2. The van der Waals surface area contributed by atoms with Crippen LogP contribution < -0.4 is 15.4 Å². The molecule has 2 aromatic carbocycles. The highest BCUT2D eigenvalue weighted by molar-refractivity contribution is 6.17. The molecule has 2 N–H and O–H groups in total. The summed E-state index contributed by atoms with van der Waals surface area (Å²) in [5, 5.41) is 14.4. The molecule has 2 amide bonds. The summed E-state index contributed by atoms with van der Waals surface area (Å²) in [7, 11) is 0. The van der Waals surface area contributed by atoms with Crippen molar-refractivity contribution in [3.8, 4) is 11.8 Å². The molecule has 6 heteroatoms. The molecule has 1 saturated carbocycles. The van der Waals surface area contributed by atoms with Crippen molar-refractivity contribution < 1.29 is 14.3 Å². The highest BCUT2D eigenvalue weighted by Gasteiger charge is 2.56. The molecule has 6 nitrogen and oxygen atoms in total. The number of carbonyl (C=O) groups excluding carboxylic acids is 2. The van der Waals surface area contributed by atoms with Gasteiger partial charge in [-0.05, 0) is 63.1 Å². The van der Waals surface area contributed by atoms with E-state index in [0.717, 1.165) is 0 Å². The van der Waals surface area contributed by atoms with E-state index in [1.165, 1.54) is 0 Å². The molecule has 3 rings (SSSR count). The number of hydrogen-bond acceptors (Lipinski definition) is 4. The first kappa shape index (κ1) is 18.5. The number of carbonyl (C=O) groups is 2. The Labute approximate surface area is 158 Å². The highest BCUT2D eigenvalue weighted by Crippen LogP contribution is 2.48. The fourth-order valence-corrected chi connectivity index (χ4v) is 2.73. The van der Waals surface area contributed by atoms with Crippen molar-refractivity contribution in [2.45, 2.75) is 32.8 Å². The monoisotopic (exact) mass is 363 g/mol. The van der Waals surface area contributed by atoms with Crippen molar-refractivity contribution in [1.29, 1.82) is 5.26 Å². The number of nitriles is 1. The molecule has 0 heterocycles. The summed E-state index contributed by atoms with van der Waals surface area (Å²) in [6, 6.07) is 15.7. The normalized spacial score (nSPS) is 14.1. The van der Waals surface area contributed by atoms with Crippen LogP contribution in [0.2, 0.25) is 0 Å². The average molecular weight is 363 g/mol. The molecule has 1 aliphatic carbocycles. The first-order valence-electron chi connectivity index (χ1n) is 8.83. The molecule has 27 heavy (non-hydrogen) atoms. The third-order valence-corrected chi connectivity index (χ3v) is 4.39. The maximum atomic E-state index is 12.8. The molecule has 1 aliphatic rings. The van der Waals surface area contributed by atoms with Gasteiger partial charge >= 0.3 is 0 Å². The van der Waals surface area contributed by atoms with Gasteiger partial charge < -0.3 is 15.4 Å². The number of amides is 2. The lowest BCUT2D eigenvalue weighted by Gasteiger charge is -2.18. The first-order valence-corrected chi connectivity index (χ1v) is 8.83. The second-order valence-electron chi connectivity index (χ2n) is 6.84. The molecule has 1 fully saturated rings. The number of para-hydroxylation sites is 2. The van der Waals surface area contributed by atoms with Crippen LogP contribution in [0.25, 0.3) is 0 Å². The molecule has 0 radical (unpaired) electrons. The molecule has 0 unspecified atom stereocenters. The maximum absolute atomic E-state index is 12.8. The number of anilines is 2. The van der Waals surface area contributed by atoms with Crippen LogP contribution in [0.4, 0.5) is 11.4 Å². The van der Waals surface area contributed by atoms with Gasteiger partial charge in [-0.1, -0.05) is 12.1 Å². The van der Waals surface area contributed by atoms with Crippen LogP contribution in [0.1, 0.15) is 32.3 Å². The van der Waals surface area contributed by atoms with Gasteiger partial charge in [-0.3, -0.25) is 9.59 Å². The second kappa shape index (κ2) is 7.50. The number of nitrogens with zero attached hydrogens (tertiary/aromatic N) is 1. The van der Waals surface area contributed by atoms with Crippen molar-refractivity contribution in [2.24, 2.45) is 5.41 Å². The van der Waals surface area contributed by atoms with E-state index in [2.05, 4.69) is 10.6 Å². The van der Waals surface area contributed by atoms with Gasteiger partial charge in [0.25, 0.3) is 0 Å². The summed E-state index contributed by atoms with van der Waals surface area (Å²) in [5.74, 6) is -0.107. The zero-order valence-electron chi connectivity index (χ0n) is 15.3. The standard InChI is InChI=1S/C21H21N3O3/c1-14(2)27-18-6-4-3-5-17(18)24-20(26)21(11-12-21)19(25)23-16-9-7-15(13-22)8-10-16/h3-10,14H,11-12H2,1-2H3,(H,23,25)(H,24,26). The number of benzene rings is 2. The molecular weight excluding hydrogens is 342 g/mol. The minimum absolute atomic E-state index is 0.0300. The summed E-state index contributed by atoms with van der Waals surface area (Å²) < 4.78 is 5.72. The van der Waals surface area contributed by atoms with Gasteiger partial charge in [-0.15, -0.1) is 0 Å². The minimum atomic E-state index is -1.07. The van der Waals surface area contributed by atoms with Gasteiger partial charge in [0.05, 0.1) is 23.4 Å². The average Bonchev–Trinajstić information content (AvgIpc) is 3.46. The Kier molecular flexibility index (Phi) is 5.13. The van der Waals surface area contributed by atoms with E-state index in [4.69, 9.17) is 10.00 Å². The fraction of sp³-hybridized carbons (Fsp3) is 0.286. The van der Waals surface area contributed by atoms with Crippen LogP contribution in [0, 0.1) is 16.7 Å². The van der Waals surface area contributed by atoms with E-state index in [1.807, 2.05) is 26.0 Å². The van der Waals surface area contributed by atoms with Crippen molar-refractivity contribution in [1.82, 2.24) is 0 Å². The Morgan fingerprint density at radius 1 is 1.04 bits per heavy atom. The third kappa shape index (κ3) is 4.09. The van der Waals surface area contributed by atoms with E-state index >= 15 is 0 Å². The molecule has 0 spiro atoms. The van der Waals surface area contributed by atoms with E-state index in [1.54, 1.807) is 42.5 Å². The Morgan fingerprint density at radius 2 is 1.67 bits per heavy atom. The molecule has 0 bridgehead atoms. The Morgan fingerprint density at radius 3 is 2.26 bits per heavy atom. The lowest BCUT2D eigenvalue weighted by Crippen LogP contribution is -2.35. The molecule has 138 valence electrons. The van der Waals surface area contributed by atoms with Gasteiger partial charge in [0.1, 0.15) is 11.2 Å². The molecule has 0 aliphatic heterocycles. The van der Waals surface area contributed by atoms with Crippen molar-refractivity contribution in [3.63, 3.8) is 0 Å². The van der Waals surface area contributed by atoms with Crippen molar-refractivity contribution >= 4 is 23.2 Å². The lowest BCUT2D eigenvalue weighted by atomic mass is 10.0. The van der Waals surface area contributed by atoms with Crippen LogP contribution in [-0.2, 0) is 9.59 Å². The molecule has 2 aromatic rings. The van der Waals surface area contributed by atoms with E-state index in [0.29, 0.717) is 35.5 Å². The van der Waals surface area contributed by atoms with Gasteiger partial charge in [-0.2, -0.15) is 5.26 Å². The highest BCUT2D eigenvalue weighted by atomic mass is 16.5. The third-order valence-electron chi connectivity index (χ3n) is 4.39. The predicted molar refractivity (Wildman–Crippen MR) is 102 cm³/mol. The van der Waals surface area contributed by atoms with E-state index in [-0.39, 0.29) is 17.9 Å². The van der Waals surface area contributed by atoms with E-state index in [9.17, 15) is 9.59 Å². The SMILES string of the molecule is CC(C)Oc1ccccc1NC(=O)C1(C(=O)Nc2ccc(C#N)cc2)CC1. The number of hydrogen-bond donors (Lipinski definition) is 2. The Hall–Kier alpha value is -3.33. The largest absolute Gasteiger partial charge is 0.489 e. The van der Waals surface area contributed by atoms with E-state index < -0.39 is 5.41 Å². The van der Waals surface area contributed by atoms with Gasteiger partial charge in [0, 0.05) is 5.69 Å². The zero-order chi connectivity index (χ0) is 19.4. The quantitative estimate of drug-likeness (QED) is 0.766. The zero-order valence-corrected chi connectivity index (χ0v) is 15.3. The first-order chi connectivity index (χ1) is 12.9. The minimum Gasteiger partial charge on any atom is -0.489 e. The maximum Gasteiger partial charge on any atom is 0.240 e. The summed E-state index contributed by atoms with van der Waals surface area (Å²) in [6.45, 7) is 3.82. The van der Waals surface area contributed by atoms with Crippen LogP contribution >= 0.6 is 0 Å². The van der Waals surface area contributed by atoms with Gasteiger partial charge in [0.15, 0.2) is 0 Å². The Balaban J connectivity index is 1.71. The van der Waals surface area contributed by atoms with Crippen LogP contribution in [0.5, 0.6) is 5.75 Å². The van der Waals surface area contributed by atoms with Crippen molar-refractivity contribution in [3.05, 3.63) is 54.1 Å². The summed E-state index contributed by atoms with van der Waals surface area (Å²) in [4.78, 5) is 25.5. The molecular formula is C21H21N3O3. The number of ether oxygens (including phenoxy) is 1. The van der Waals surface area contributed by atoms with Crippen LogP contribution in [0.15, 0.2) is 48.5 Å². The van der Waals surface area contributed by atoms with Crippen LogP contribution in [0.3, 0.4) is 0 Å². The predicted octanol–water partition coefficient (Wildman–Crippen LogP) is 3.70. The Bertz CT molecular complexity index is 894. The molecule has 0 aromatic heterocycles. The molecule has 0 atom stereocenters. The summed E-state index contributed by atoms with van der Waals surface area (Å²) in [6.07, 6.45) is 0.958. The topological polar surface area (TPSA) is 91.2 Å². The van der Waals surface area contributed by atoms with Crippen molar-refractivity contribution in [2.75, 3.05) is 10.6 Å². The molecule has 0 saturated heterocycles. The second-order valence-corrected chi connectivity index (χ2v) is 6.84. The fourth-order valence-electron chi connectivity index (χ4n) is 2.73. The number of rotatable bonds is 6.